The van der Waals surface area contributed by atoms with Crippen LogP contribution in [0.5, 0.6) is 5.75 Å². The van der Waals surface area contributed by atoms with E-state index in [-0.39, 0.29) is 19.1 Å². The van der Waals surface area contributed by atoms with Gasteiger partial charge in [0.2, 0.25) is 0 Å². The van der Waals surface area contributed by atoms with Crippen LogP contribution < -0.4 is 4.74 Å². The van der Waals surface area contributed by atoms with Crippen LogP contribution in [-0.4, -0.2) is 34.3 Å². The molecule has 0 N–H and O–H groups in total. The maximum absolute atomic E-state index is 12.7. The first-order chi connectivity index (χ1) is 13.1. The number of ether oxygens (including phenoxy) is 2. The van der Waals surface area contributed by atoms with Gasteiger partial charge in [-0.2, -0.15) is 0 Å². The topological polar surface area (TPSA) is 69.0 Å². The molecule has 0 aliphatic carbocycles. The minimum absolute atomic E-state index is 0.193. The Kier molecular flexibility index (Phi) is 6.31. The van der Waals surface area contributed by atoms with E-state index in [1.165, 1.54) is 16.7 Å². The van der Waals surface area contributed by atoms with Gasteiger partial charge in [-0.1, -0.05) is 42.2 Å². The highest BCUT2D eigenvalue weighted by Gasteiger charge is 2.32. The molecule has 1 aliphatic heterocycles. The van der Waals surface area contributed by atoms with E-state index in [0.29, 0.717) is 32.9 Å². The van der Waals surface area contributed by atoms with E-state index < -0.39 is 5.97 Å². The number of carbonyl (C=O) groups excluding carboxylic acids is 2. The summed E-state index contributed by atoms with van der Waals surface area (Å²) in [5.74, 6) is 0.506. The van der Waals surface area contributed by atoms with E-state index in [9.17, 15) is 9.59 Å². The Morgan fingerprint density at radius 2 is 2.11 bits per heavy atom. The van der Waals surface area contributed by atoms with Crippen molar-refractivity contribution in [2.45, 2.75) is 13.5 Å². The van der Waals surface area contributed by atoms with Gasteiger partial charge in [-0.15, -0.1) is 0 Å². The summed E-state index contributed by atoms with van der Waals surface area (Å²) in [6.45, 7) is 2.12. The second-order valence-corrected chi connectivity index (χ2v) is 7.15. The molecule has 6 nitrogen and oxygen atoms in total. The molecule has 2 aromatic rings. The standard InChI is InChI=1S/C19H17NO5S2/c1-2-23-17(21)12-25-15-8-4-3-6-13(15)10-16-18(22)20(19(26)27-16)11-14-7-5-9-24-14/h3-10H,2,11-12H2,1H3/b16-10+. The molecular weight excluding hydrogens is 386 g/mol. The maximum atomic E-state index is 12.7. The molecule has 1 aliphatic rings. The summed E-state index contributed by atoms with van der Waals surface area (Å²) in [5, 5.41) is 0. The van der Waals surface area contributed by atoms with E-state index in [1.54, 1.807) is 49.6 Å². The summed E-state index contributed by atoms with van der Waals surface area (Å²) in [5.41, 5.74) is 0.681. The van der Waals surface area contributed by atoms with Crippen molar-refractivity contribution >= 4 is 46.3 Å². The summed E-state index contributed by atoms with van der Waals surface area (Å²) < 4.78 is 16.2. The average Bonchev–Trinajstić information content (AvgIpc) is 3.26. The fourth-order valence-corrected chi connectivity index (χ4v) is 3.65. The molecule has 140 valence electrons. The lowest BCUT2D eigenvalue weighted by Crippen LogP contribution is -2.27. The first kappa shape index (κ1) is 19.2. The van der Waals surface area contributed by atoms with Gasteiger partial charge in [0.25, 0.3) is 5.91 Å². The highest BCUT2D eigenvalue weighted by molar-refractivity contribution is 8.26. The van der Waals surface area contributed by atoms with Crippen LogP contribution in [-0.2, 0) is 20.9 Å². The van der Waals surface area contributed by atoms with Crippen molar-refractivity contribution in [3.63, 3.8) is 0 Å². The van der Waals surface area contributed by atoms with Crippen molar-refractivity contribution in [3.05, 3.63) is 58.9 Å². The molecule has 0 radical (unpaired) electrons. The predicted molar refractivity (Wildman–Crippen MR) is 106 cm³/mol. The third-order valence-electron chi connectivity index (χ3n) is 3.62. The highest BCUT2D eigenvalue weighted by atomic mass is 32.2. The number of rotatable bonds is 7. The fourth-order valence-electron chi connectivity index (χ4n) is 2.41. The normalized spacial score (nSPS) is 15.4. The fraction of sp³-hybridized carbons (Fsp3) is 0.211. The van der Waals surface area contributed by atoms with Crippen LogP contribution in [0, 0.1) is 0 Å². The van der Waals surface area contributed by atoms with Gasteiger partial charge in [-0.25, -0.2) is 4.79 Å². The van der Waals surface area contributed by atoms with Crippen LogP contribution in [0.2, 0.25) is 0 Å². The highest BCUT2D eigenvalue weighted by Crippen LogP contribution is 2.35. The number of para-hydroxylation sites is 1. The Labute approximate surface area is 166 Å². The number of hydrogen-bond donors (Lipinski definition) is 0. The summed E-state index contributed by atoms with van der Waals surface area (Å²) in [4.78, 5) is 26.2. The Bertz CT molecular complexity index is 876. The summed E-state index contributed by atoms with van der Waals surface area (Å²) in [6, 6.07) is 10.7. The average molecular weight is 403 g/mol. The number of nitrogens with zero attached hydrogens (tertiary/aromatic N) is 1. The first-order valence-electron chi connectivity index (χ1n) is 8.23. The van der Waals surface area contributed by atoms with Gasteiger partial charge >= 0.3 is 5.97 Å². The zero-order valence-electron chi connectivity index (χ0n) is 14.5. The number of thiocarbonyl (C=S) groups is 1. The minimum atomic E-state index is -0.447. The second-order valence-electron chi connectivity index (χ2n) is 5.48. The lowest BCUT2D eigenvalue weighted by molar-refractivity contribution is -0.145. The van der Waals surface area contributed by atoms with Crippen LogP contribution in [0.15, 0.2) is 52.0 Å². The zero-order valence-corrected chi connectivity index (χ0v) is 16.2. The van der Waals surface area contributed by atoms with E-state index in [0.717, 1.165) is 0 Å². The molecule has 2 heterocycles. The Morgan fingerprint density at radius 3 is 2.85 bits per heavy atom. The van der Waals surface area contributed by atoms with Gasteiger partial charge < -0.3 is 13.9 Å². The van der Waals surface area contributed by atoms with E-state index in [1.807, 2.05) is 6.07 Å². The van der Waals surface area contributed by atoms with Crippen LogP contribution in [0.3, 0.4) is 0 Å². The number of furan rings is 1. The molecule has 1 aromatic heterocycles. The zero-order chi connectivity index (χ0) is 19.2. The van der Waals surface area contributed by atoms with Crippen molar-refractivity contribution in [2.24, 2.45) is 0 Å². The van der Waals surface area contributed by atoms with Crippen LogP contribution >= 0.6 is 24.0 Å². The number of hydrogen-bond acceptors (Lipinski definition) is 7. The number of benzene rings is 1. The van der Waals surface area contributed by atoms with E-state index in [2.05, 4.69) is 0 Å². The van der Waals surface area contributed by atoms with Crippen LogP contribution in [0.1, 0.15) is 18.2 Å². The quantitative estimate of drug-likeness (QED) is 0.397. The minimum Gasteiger partial charge on any atom is -0.481 e. The monoisotopic (exact) mass is 403 g/mol. The molecule has 1 amide bonds. The predicted octanol–water partition coefficient (Wildman–Crippen LogP) is 3.62. The maximum Gasteiger partial charge on any atom is 0.344 e. The van der Waals surface area contributed by atoms with Gasteiger partial charge in [0.05, 0.1) is 24.3 Å². The second kappa shape index (κ2) is 8.88. The van der Waals surface area contributed by atoms with Crippen molar-refractivity contribution in [1.82, 2.24) is 4.90 Å². The molecule has 1 aromatic carbocycles. The summed E-state index contributed by atoms with van der Waals surface area (Å²) in [6.07, 6.45) is 3.27. The van der Waals surface area contributed by atoms with Crippen molar-refractivity contribution in [2.75, 3.05) is 13.2 Å². The molecule has 27 heavy (non-hydrogen) atoms. The molecule has 1 saturated heterocycles. The Hall–Kier alpha value is -2.58. The number of thioether (sulfide) groups is 1. The largest absolute Gasteiger partial charge is 0.481 e. The lowest BCUT2D eigenvalue weighted by atomic mass is 10.2. The Balaban J connectivity index is 1.75. The van der Waals surface area contributed by atoms with Gasteiger partial charge in [-0.05, 0) is 31.2 Å². The number of carbonyl (C=O) groups is 2. The van der Waals surface area contributed by atoms with E-state index >= 15 is 0 Å². The van der Waals surface area contributed by atoms with Gasteiger partial charge in [0.1, 0.15) is 15.8 Å². The first-order valence-corrected chi connectivity index (χ1v) is 9.46. The number of amides is 1. The van der Waals surface area contributed by atoms with Gasteiger partial charge in [-0.3, -0.25) is 9.69 Å². The van der Waals surface area contributed by atoms with E-state index in [4.69, 9.17) is 26.1 Å². The lowest BCUT2D eigenvalue weighted by Gasteiger charge is -2.12. The smallest absolute Gasteiger partial charge is 0.344 e. The van der Waals surface area contributed by atoms with Crippen molar-refractivity contribution < 1.29 is 23.5 Å². The Morgan fingerprint density at radius 1 is 1.30 bits per heavy atom. The molecule has 0 atom stereocenters. The molecular formula is C19H17NO5S2. The van der Waals surface area contributed by atoms with Crippen molar-refractivity contribution in [1.29, 1.82) is 0 Å². The third-order valence-corrected chi connectivity index (χ3v) is 5.00. The molecule has 8 heteroatoms. The molecule has 3 rings (SSSR count). The third kappa shape index (κ3) is 4.78. The van der Waals surface area contributed by atoms with Crippen LogP contribution in [0.4, 0.5) is 0 Å². The number of esters is 1. The van der Waals surface area contributed by atoms with Crippen LogP contribution in [0.25, 0.3) is 6.08 Å². The van der Waals surface area contributed by atoms with Gasteiger partial charge in [0.15, 0.2) is 6.61 Å². The molecule has 0 saturated carbocycles. The SMILES string of the molecule is CCOC(=O)COc1ccccc1/C=C1/SC(=S)N(Cc2ccco2)C1=O. The van der Waals surface area contributed by atoms with Gasteiger partial charge in [0, 0.05) is 5.56 Å². The van der Waals surface area contributed by atoms with Crippen molar-refractivity contribution in [3.8, 4) is 5.75 Å². The molecule has 0 unspecified atom stereocenters. The molecule has 0 spiro atoms. The summed E-state index contributed by atoms with van der Waals surface area (Å²) >= 11 is 6.54. The molecule has 0 bridgehead atoms. The molecule has 1 fully saturated rings. The summed E-state index contributed by atoms with van der Waals surface area (Å²) in [7, 11) is 0.